The average Bonchev–Trinajstić information content (AvgIpc) is 2.44. The molecule has 1 heterocycles. The summed E-state index contributed by atoms with van der Waals surface area (Å²) in [5.41, 5.74) is 2.13. The molecule has 0 aliphatic heterocycles. The minimum Gasteiger partial charge on any atom is -0.312 e. The number of halogens is 1. The van der Waals surface area contributed by atoms with E-state index in [0.29, 0.717) is 0 Å². The Morgan fingerprint density at radius 2 is 2.27 bits per heavy atom. The van der Waals surface area contributed by atoms with Crippen LogP contribution in [0.2, 0.25) is 5.15 Å². The van der Waals surface area contributed by atoms with Crippen molar-refractivity contribution in [2.75, 3.05) is 18.6 Å². The number of aromatic nitrogens is 2. The summed E-state index contributed by atoms with van der Waals surface area (Å²) in [5.74, 6) is 1.20. The summed E-state index contributed by atoms with van der Waals surface area (Å²) in [7, 11) is 1.87. The van der Waals surface area contributed by atoms with Gasteiger partial charge in [-0.15, -0.1) is 0 Å². The number of rotatable bonds is 6. The third-order valence-corrected chi connectivity index (χ3v) is 3.44. The van der Waals surface area contributed by atoms with Gasteiger partial charge in [-0.3, -0.25) is 4.68 Å². The van der Waals surface area contributed by atoms with Crippen LogP contribution in [-0.4, -0.2) is 28.3 Å². The van der Waals surface area contributed by atoms with Crippen molar-refractivity contribution in [3.63, 3.8) is 0 Å². The van der Waals surface area contributed by atoms with Crippen molar-refractivity contribution in [2.24, 2.45) is 7.05 Å². The summed E-state index contributed by atoms with van der Waals surface area (Å²) < 4.78 is 1.72. The first-order valence-electron chi connectivity index (χ1n) is 5.04. The molecule has 0 saturated carbocycles. The average molecular weight is 248 g/mol. The summed E-state index contributed by atoms with van der Waals surface area (Å²) in [6.07, 6.45) is 3.32. The zero-order valence-corrected chi connectivity index (χ0v) is 11.1. The van der Waals surface area contributed by atoms with Gasteiger partial charge >= 0.3 is 0 Å². The highest BCUT2D eigenvalue weighted by molar-refractivity contribution is 7.98. The van der Waals surface area contributed by atoms with Crippen molar-refractivity contribution in [1.29, 1.82) is 0 Å². The van der Waals surface area contributed by atoms with Crippen LogP contribution in [0.25, 0.3) is 0 Å². The van der Waals surface area contributed by atoms with Crippen LogP contribution >= 0.6 is 23.4 Å². The van der Waals surface area contributed by atoms with Crippen molar-refractivity contribution >= 4 is 23.4 Å². The molecule has 0 aliphatic rings. The molecule has 1 aromatic heterocycles. The van der Waals surface area contributed by atoms with Gasteiger partial charge in [0.05, 0.1) is 5.69 Å². The molecule has 1 aromatic rings. The minimum absolute atomic E-state index is 0.741. The van der Waals surface area contributed by atoms with E-state index in [2.05, 4.69) is 16.7 Å². The maximum atomic E-state index is 6.11. The fraction of sp³-hybridized carbons (Fsp3) is 0.700. The molecule has 0 aromatic carbocycles. The van der Waals surface area contributed by atoms with E-state index in [9.17, 15) is 0 Å². The monoisotopic (exact) mass is 247 g/mol. The van der Waals surface area contributed by atoms with Crippen molar-refractivity contribution in [1.82, 2.24) is 15.1 Å². The van der Waals surface area contributed by atoms with E-state index < -0.39 is 0 Å². The number of nitrogens with zero attached hydrogens (tertiary/aromatic N) is 2. The van der Waals surface area contributed by atoms with Crippen molar-refractivity contribution < 1.29 is 0 Å². The molecule has 86 valence electrons. The molecule has 0 spiro atoms. The minimum atomic E-state index is 0.741. The van der Waals surface area contributed by atoms with Crippen LogP contribution in [0.15, 0.2) is 0 Å². The fourth-order valence-electron chi connectivity index (χ4n) is 1.43. The summed E-state index contributed by atoms with van der Waals surface area (Å²) >= 11 is 7.99. The molecule has 0 amide bonds. The lowest BCUT2D eigenvalue weighted by atomic mass is 10.2. The fourth-order valence-corrected chi connectivity index (χ4v) is 2.10. The molecule has 5 heteroatoms. The second-order valence-corrected chi connectivity index (χ2v) is 4.85. The van der Waals surface area contributed by atoms with Gasteiger partial charge in [-0.25, -0.2) is 0 Å². The quantitative estimate of drug-likeness (QED) is 0.782. The predicted octanol–water partition coefficient (Wildman–Crippen LogP) is 2.22. The van der Waals surface area contributed by atoms with Crippen LogP contribution in [0, 0.1) is 6.92 Å². The highest BCUT2D eigenvalue weighted by atomic mass is 35.5. The Kier molecular flexibility index (Phi) is 5.50. The number of thioether (sulfide) groups is 1. The van der Waals surface area contributed by atoms with Gasteiger partial charge in [0.2, 0.25) is 0 Å². The van der Waals surface area contributed by atoms with E-state index in [4.69, 9.17) is 11.6 Å². The third-order valence-electron chi connectivity index (χ3n) is 2.27. The first kappa shape index (κ1) is 12.9. The first-order chi connectivity index (χ1) is 7.16. The lowest BCUT2D eigenvalue weighted by Gasteiger charge is -2.03. The molecule has 0 bridgehead atoms. The predicted molar refractivity (Wildman–Crippen MR) is 67.7 cm³/mol. The molecule has 15 heavy (non-hydrogen) atoms. The molecule has 3 nitrogen and oxygen atoms in total. The first-order valence-corrected chi connectivity index (χ1v) is 6.81. The van der Waals surface area contributed by atoms with Crippen LogP contribution in [0.3, 0.4) is 0 Å². The Labute approximate surface area is 101 Å². The van der Waals surface area contributed by atoms with E-state index in [0.717, 1.165) is 29.5 Å². The van der Waals surface area contributed by atoms with Crippen molar-refractivity contribution in [2.45, 2.75) is 19.9 Å². The number of hydrogen-bond donors (Lipinski definition) is 1. The molecule has 0 atom stereocenters. The van der Waals surface area contributed by atoms with E-state index in [1.54, 1.807) is 4.68 Å². The Morgan fingerprint density at radius 3 is 2.80 bits per heavy atom. The lowest BCUT2D eigenvalue weighted by molar-refractivity contribution is 0.676. The number of hydrogen-bond acceptors (Lipinski definition) is 3. The van der Waals surface area contributed by atoms with Crippen LogP contribution in [0.4, 0.5) is 0 Å². The second kappa shape index (κ2) is 6.40. The zero-order chi connectivity index (χ0) is 11.3. The van der Waals surface area contributed by atoms with Crippen LogP contribution in [-0.2, 0) is 13.6 Å². The Hall–Kier alpha value is -0.190. The van der Waals surface area contributed by atoms with Crippen molar-refractivity contribution in [3.8, 4) is 0 Å². The molecule has 0 aliphatic carbocycles. The zero-order valence-electron chi connectivity index (χ0n) is 9.51. The molecule has 0 fully saturated rings. The molecule has 1 N–H and O–H groups in total. The molecule has 0 saturated heterocycles. The number of aryl methyl sites for hydroxylation is 2. The second-order valence-electron chi connectivity index (χ2n) is 3.50. The third kappa shape index (κ3) is 3.70. The van der Waals surface area contributed by atoms with Gasteiger partial charge in [0.15, 0.2) is 0 Å². The lowest BCUT2D eigenvalue weighted by Crippen LogP contribution is -2.15. The highest BCUT2D eigenvalue weighted by Gasteiger charge is 2.09. The standard InChI is InChI=1S/C10H18ClN3S/c1-8-9(10(11)14(2)13-8)7-12-5-4-6-15-3/h12H,4-7H2,1-3H3. The summed E-state index contributed by atoms with van der Waals surface area (Å²) in [4.78, 5) is 0. The Bertz CT molecular complexity index is 312. The normalized spacial score (nSPS) is 10.9. The Balaban J connectivity index is 2.37. The molecule has 1 rings (SSSR count). The van der Waals surface area contributed by atoms with Crippen LogP contribution in [0.1, 0.15) is 17.7 Å². The SMILES string of the molecule is CSCCCNCc1c(C)nn(C)c1Cl. The summed E-state index contributed by atoms with van der Waals surface area (Å²) in [6.45, 7) is 3.84. The van der Waals surface area contributed by atoms with Gasteiger partial charge in [0, 0.05) is 19.2 Å². The number of nitrogens with one attached hydrogen (secondary N) is 1. The highest BCUT2D eigenvalue weighted by Crippen LogP contribution is 2.17. The Morgan fingerprint density at radius 1 is 1.53 bits per heavy atom. The molecule has 0 radical (unpaired) electrons. The van der Waals surface area contributed by atoms with E-state index in [1.807, 2.05) is 25.7 Å². The van der Waals surface area contributed by atoms with Crippen LogP contribution < -0.4 is 5.32 Å². The summed E-state index contributed by atoms with van der Waals surface area (Å²) in [5, 5.41) is 8.39. The van der Waals surface area contributed by atoms with Gasteiger partial charge < -0.3 is 5.32 Å². The molecule has 0 unspecified atom stereocenters. The summed E-state index contributed by atoms with van der Waals surface area (Å²) in [6, 6.07) is 0. The molecular formula is C10H18ClN3S. The maximum Gasteiger partial charge on any atom is 0.131 e. The van der Waals surface area contributed by atoms with Gasteiger partial charge in [-0.05, 0) is 31.9 Å². The largest absolute Gasteiger partial charge is 0.312 e. The van der Waals surface area contributed by atoms with Gasteiger partial charge in [-0.1, -0.05) is 11.6 Å². The van der Waals surface area contributed by atoms with Crippen LogP contribution in [0.5, 0.6) is 0 Å². The van der Waals surface area contributed by atoms with Gasteiger partial charge in [0.1, 0.15) is 5.15 Å². The van der Waals surface area contributed by atoms with Crippen molar-refractivity contribution in [3.05, 3.63) is 16.4 Å². The van der Waals surface area contributed by atoms with E-state index >= 15 is 0 Å². The van der Waals surface area contributed by atoms with E-state index in [1.165, 1.54) is 12.2 Å². The maximum absolute atomic E-state index is 6.11. The molecular weight excluding hydrogens is 230 g/mol. The smallest absolute Gasteiger partial charge is 0.131 e. The topological polar surface area (TPSA) is 29.9 Å². The van der Waals surface area contributed by atoms with E-state index in [-0.39, 0.29) is 0 Å². The van der Waals surface area contributed by atoms with Gasteiger partial charge in [-0.2, -0.15) is 16.9 Å². The van der Waals surface area contributed by atoms with Gasteiger partial charge in [0.25, 0.3) is 0 Å².